The first kappa shape index (κ1) is 7.16. The van der Waals surface area contributed by atoms with Crippen LogP contribution in [0.4, 0.5) is 0 Å². The van der Waals surface area contributed by atoms with Gasteiger partial charge in [0.25, 0.3) is 0 Å². The summed E-state index contributed by atoms with van der Waals surface area (Å²) in [4.78, 5) is 0. The van der Waals surface area contributed by atoms with Gasteiger partial charge >= 0.3 is 0 Å². The van der Waals surface area contributed by atoms with Gasteiger partial charge in [-0.05, 0) is 25.9 Å². The van der Waals surface area contributed by atoms with Crippen molar-refractivity contribution in [3.63, 3.8) is 0 Å². The van der Waals surface area contributed by atoms with Gasteiger partial charge in [-0.15, -0.1) is 0 Å². The summed E-state index contributed by atoms with van der Waals surface area (Å²) in [5.74, 6) is 0.898. The molecule has 1 N–H and O–H groups in total. The van der Waals surface area contributed by atoms with Crippen LogP contribution in [0, 0.1) is 0 Å². The number of nitrogens with one attached hydrogen (secondary N) is 1. The molecule has 1 aliphatic rings. The Morgan fingerprint density at radius 2 is 2.11 bits per heavy atom. The molecule has 0 spiro atoms. The van der Waals surface area contributed by atoms with E-state index in [0.29, 0.717) is 0 Å². The third-order valence-electron chi connectivity index (χ3n) is 1.63. The fraction of sp³-hybridized carbons (Fsp3) is 0.714. The normalized spacial score (nSPS) is 19.9. The van der Waals surface area contributed by atoms with Gasteiger partial charge in [0, 0.05) is 5.75 Å². The van der Waals surface area contributed by atoms with Gasteiger partial charge in [0.05, 0.1) is 0 Å². The Morgan fingerprint density at radius 1 is 1.44 bits per heavy atom. The Balaban J connectivity index is 2.30. The Bertz CT molecular complexity index is 101. The summed E-state index contributed by atoms with van der Waals surface area (Å²) in [5, 5.41) is 3.31. The first-order valence-electron chi connectivity index (χ1n) is 3.43. The average Bonchev–Trinajstić information content (AvgIpc) is 1.91. The van der Waals surface area contributed by atoms with Crippen molar-refractivity contribution in [2.45, 2.75) is 12.8 Å². The highest BCUT2D eigenvalue weighted by Gasteiger charge is 2.01. The van der Waals surface area contributed by atoms with Gasteiger partial charge in [-0.25, -0.2) is 0 Å². The van der Waals surface area contributed by atoms with Gasteiger partial charge < -0.3 is 5.32 Å². The van der Waals surface area contributed by atoms with Crippen molar-refractivity contribution in [1.82, 2.24) is 5.32 Å². The Hall–Kier alpha value is 0.0500. The largest absolute Gasteiger partial charge is 0.316 e. The van der Waals surface area contributed by atoms with Crippen LogP contribution in [-0.2, 0) is 0 Å². The highest BCUT2D eigenvalue weighted by Crippen LogP contribution is 2.09. The molecule has 1 nitrogen and oxygen atoms in total. The third kappa shape index (κ3) is 2.41. The van der Waals surface area contributed by atoms with E-state index in [-0.39, 0.29) is 0 Å². The van der Waals surface area contributed by atoms with Crippen LogP contribution < -0.4 is 5.32 Å². The van der Waals surface area contributed by atoms with Crippen molar-refractivity contribution in [3.8, 4) is 0 Å². The van der Waals surface area contributed by atoms with E-state index in [1.807, 2.05) is 0 Å². The number of thiol groups is 1. The van der Waals surface area contributed by atoms with Crippen LogP contribution in [0.3, 0.4) is 0 Å². The van der Waals surface area contributed by atoms with Gasteiger partial charge in [-0.1, -0.05) is 11.6 Å². The maximum Gasteiger partial charge on any atom is 0.00852 e. The minimum absolute atomic E-state index is 0.898. The van der Waals surface area contributed by atoms with Crippen molar-refractivity contribution in [3.05, 3.63) is 11.6 Å². The van der Waals surface area contributed by atoms with Crippen LogP contribution in [0.1, 0.15) is 12.8 Å². The molecule has 0 aromatic heterocycles. The molecule has 0 saturated carbocycles. The number of rotatable bonds is 1. The van der Waals surface area contributed by atoms with Crippen LogP contribution >= 0.6 is 12.6 Å². The topological polar surface area (TPSA) is 12.0 Å². The van der Waals surface area contributed by atoms with E-state index >= 15 is 0 Å². The second-order valence-electron chi connectivity index (χ2n) is 2.29. The lowest BCUT2D eigenvalue weighted by molar-refractivity contribution is 0.609. The van der Waals surface area contributed by atoms with Gasteiger partial charge in [0.1, 0.15) is 0 Å². The van der Waals surface area contributed by atoms with E-state index in [0.717, 1.165) is 18.8 Å². The van der Waals surface area contributed by atoms with Crippen molar-refractivity contribution >= 4 is 12.6 Å². The molecule has 0 bridgehead atoms. The van der Waals surface area contributed by atoms with Crippen LogP contribution in [0.25, 0.3) is 0 Å². The molecule has 0 aliphatic carbocycles. The minimum atomic E-state index is 0.898. The van der Waals surface area contributed by atoms with E-state index < -0.39 is 0 Å². The fourth-order valence-corrected chi connectivity index (χ4v) is 1.34. The SMILES string of the molecule is SCC=C1CCNCC1. The highest BCUT2D eigenvalue weighted by molar-refractivity contribution is 7.80. The predicted molar refractivity (Wildman–Crippen MR) is 44.0 cm³/mol. The summed E-state index contributed by atoms with van der Waals surface area (Å²) >= 11 is 4.13. The van der Waals surface area contributed by atoms with E-state index in [9.17, 15) is 0 Å². The molecule has 1 aliphatic heterocycles. The molecule has 0 aromatic rings. The fourth-order valence-electron chi connectivity index (χ4n) is 1.08. The second-order valence-corrected chi connectivity index (χ2v) is 2.66. The van der Waals surface area contributed by atoms with Crippen LogP contribution in [-0.4, -0.2) is 18.8 Å². The molecule has 1 rings (SSSR count). The summed E-state index contributed by atoms with van der Waals surface area (Å²) in [6.45, 7) is 2.30. The molecule has 1 heterocycles. The Labute approximate surface area is 61.9 Å². The highest BCUT2D eigenvalue weighted by atomic mass is 32.1. The Morgan fingerprint density at radius 3 is 2.67 bits per heavy atom. The van der Waals surface area contributed by atoms with E-state index in [2.05, 4.69) is 24.0 Å². The van der Waals surface area contributed by atoms with Crippen molar-refractivity contribution in [1.29, 1.82) is 0 Å². The van der Waals surface area contributed by atoms with Crippen LogP contribution in [0.5, 0.6) is 0 Å². The van der Waals surface area contributed by atoms with Gasteiger partial charge in [-0.3, -0.25) is 0 Å². The van der Waals surface area contributed by atoms with Crippen molar-refractivity contribution in [2.75, 3.05) is 18.8 Å². The van der Waals surface area contributed by atoms with Crippen LogP contribution in [0.2, 0.25) is 0 Å². The molecule has 0 amide bonds. The average molecular weight is 143 g/mol. The van der Waals surface area contributed by atoms with Crippen LogP contribution in [0.15, 0.2) is 11.6 Å². The smallest absolute Gasteiger partial charge is 0.00852 e. The van der Waals surface area contributed by atoms with Crippen molar-refractivity contribution < 1.29 is 0 Å². The molecule has 0 atom stereocenters. The molecular weight excluding hydrogens is 130 g/mol. The zero-order valence-electron chi connectivity index (χ0n) is 5.56. The number of piperidine rings is 1. The minimum Gasteiger partial charge on any atom is -0.316 e. The van der Waals surface area contributed by atoms with E-state index in [1.54, 1.807) is 5.57 Å². The van der Waals surface area contributed by atoms with Crippen molar-refractivity contribution in [2.24, 2.45) is 0 Å². The monoisotopic (exact) mass is 143 g/mol. The molecule has 9 heavy (non-hydrogen) atoms. The molecule has 0 radical (unpaired) electrons. The third-order valence-corrected chi connectivity index (χ3v) is 1.81. The van der Waals surface area contributed by atoms with Gasteiger partial charge in [0.15, 0.2) is 0 Å². The molecule has 1 fully saturated rings. The zero-order valence-corrected chi connectivity index (χ0v) is 6.45. The molecule has 1 saturated heterocycles. The first-order chi connectivity index (χ1) is 4.43. The zero-order chi connectivity index (χ0) is 6.53. The van der Waals surface area contributed by atoms with E-state index in [4.69, 9.17) is 0 Å². The summed E-state index contributed by atoms with van der Waals surface area (Å²) in [5.41, 5.74) is 1.57. The summed E-state index contributed by atoms with van der Waals surface area (Å²) in [6.07, 6.45) is 4.67. The maximum atomic E-state index is 4.13. The summed E-state index contributed by atoms with van der Waals surface area (Å²) in [6, 6.07) is 0. The molecule has 52 valence electrons. The standard InChI is InChI=1S/C7H13NS/c9-6-3-7-1-4-8-5-2-7/h3,8-9H,1-2,4-6H2. The summed E-state index contributed by atoms with van der Waals surface area (Å²) < 4.78 is 0. The second kappa shape index (κ2) is 3.96. The molecular formula is C7H13NS. The lowest BCUT2D eigenvalue weighted by atomic mass is 10.1. The quantitative estimate of drug-likeness (QED) is 0.415. The molecule has 0 unspecified atom stereocenters. The Kier molecular flexibility index (Phi) is 3.15. The maximum absolute atomic E-state index is 4.13. The molecule has 2 heteroatoms. The first-order valence-corrected chi connectivity index (χ1v) is 4.06. The summed E-state index contributed by atoms with van der Waals surface area (Å²) in [7, 11) is 0. The van der Waals surface area contributed by atoms with E-state index in [1.165, 1.54) is 12.8 Å². The predicted octanol–water partition coefficient (Wildman–Crippen LogP) is 1.23. The van der Waals surface area contributed by atoms with Gasteiger partial charge in [-0.2, -0.15) is 12.6 Å². The van der Waals surface area contributed by atoms with Gasteiger partial charge in [0.2, 0.25) is 0 Å². The lowest BCUT2D eigenvalue weighted by Crippen LogP contribution is -2.23. The molecule has 0 aromatic carbocycles. The number of hydrogen-bond acceptors (Lipinski definition) is 2. The lowest BCUT2D eigenvalue weighted by Gasteiger charge is -2.14. The number of hydrogen-bond donors (Lipinski definition) is 2.